The highest BCUT2D eigenvalue weighted by molar-refractivity contribution is 7.92. The van der Waals surface area contributed by atoms with E-state index in [4.69, 9.17) is 0 Å². The lowest BCUT2D eigenvalue weighted by atomic mass is 10.3. The van der Waals surface area contributed by atoms with Gasteiger partial charge in [0.25, 0.3) is 0 Å². The average Bonchev–Trinajstić information content (AvgIpc) is 2.93. The molecule has 0 saturated carbocycles. The Bertz CT molecular complexity index is 572. The van der Waals surface area contributed by atoms with Crippen molar-refractivity contribution in [1.29, 1.82) is 0 Å². The van der Waals surface area contributed by atoms with Gasteiger partial charge in [-0.05, 0) is 38.6 Å². The van der Waals surface area contributed by atoms with Crippen molar-refractivity contribution in [3.05, 3.63) is 22.4 Å². The molecule has 0 radical (unpaired) electrons. The molecule has 0 saturated heterocycles. The minimum atomic E-state index is -3.11. The van der Waals surface area contributed by atoms with Crippen molar-refractivity contribution < 1.29 is 8.42 Å². The summed E-state index contributed by atoms with van der Waals surface area (Å²) in [6.45, 7) is 6.39. The Morgan fingerprint density at radius 3 is 2.59 bits per heavy atom. The number of likely N-dealkylation sites (N-methyl/N-ethyl adjacent to an activating group) is 1. The van der Waals surface area contributed by atoms with E-state index in [0.717, 1.165) is 18.9 Å². The zero-order valence-corrected chi connectivity index (χ0v) is 15.7. The lowest BCUT2D eigenvalue weighted by Crippen LogP contribution is -2.43. The van der Waals surface area contributed by atoms with Gasteiger partial charge in [-0.3, -0.25) is 4.99 Å². The highest BCUT2D eigenvalue weighted by Gasteiger charge is 2.28. The molecule has 0 spiro atoms. The number of sulfone groups is 1. The van der Waals surface area contributed by atoms with Gasteiger partial charge in [-0.25, -0.2) is 8.42 Å². The van der Waals surface area contributed by atoms with Crippen LogP contribution in [-0.4, -0.2) is 57.0 Å². The third-order valence-electron chi connectivity index (χ3n) is 3.43. The normalized spacial score (nSPS) is 13.2. The van der Waals surface area contributed by atoms with Crippen molar-refractivity contribution >= 4 is 27.1 Å². The van der Waals surface area contributed by atoms with Crippen molar-refractivity contribution in [2.75, 3.05) is 32.9 Å². The predicted molar refractivity (Wildman–Crippen MR) is 95.6 cm³/mol. The molecule has 1 rings (SSSR count). The van der Waals surface area contributed by atoms with E-state index >= 15 is 0 Å². The van der Waals surface area contributed by atoms with Gasteiger partial charge in [-0.15, -0.1) is 11.3 Å². The van der Waals surface area contributed by atoms with Crippen LogP contribution in [0, 0.1) is 0 Å². The molecule has 0 aliphatic rings. The standard InChI is InChI=1S/C15H27N3O2S2/c1-15(2,3)22(19,20)12-9-17-14(16-4)18(5)10-8-13-7-6-11-21-13/h6-7,11H,8-10,12H2,1-5H3,(H,16,17). The fraction of sp³-hybridized carbons (Fsp3) is 0.667. The first-order valence-electron chi connectivity index (χ1n) is 7.34. The Morgan fingerprint density at radius 2 is 2.09 bits per heavy atom. The Kier molecular flexibility index (Phi) is 6.87. The largest absolute Gasteiger partial charge is 0.355 e. The SMILES string of the molecule is CN=C(NCCS(=O)(=O)C(C)(C)C)N(C)CCc1cccs1. The molecule has 0 amide bonds. The van der Waals surface area contributed by atoms with Gasteiger partial charge in [-0.2, -0.15) is 0 Å². The van der Waals surface area contributed by atoms with E-state index in [1.54, 1.807) is 39.2 Å². The Morgan fingerprint density at radius 1 is 1.41 bits per heavy atom. The molecule has 0 fully saturated rings. The maximum absolute atomic E-state index is 12.1. The van der Waals surface area contributed by atoms with Gasteiger partial charge in [0.2, 0.25) is 0 Å². The molecule has 0 bridgehead atoms. The molecule has 1 heterocycles. The van der Waals surface area contributed by atoms with E-state index in [-0.39, 0.29) is 5.75 Å². The van der Waals surface area contributed by atoms with Crippen LogP contribution in [0.2, 0.25) is 0 Å². The Hall–Kier alpha value is -1.08. The summed E-state index contributed by atoms with van der Waals surface area (Å²) in [5.74, 6) is 0.828. The van der Waals surface area contributed by atoms with E-state index in [1.807, 2.05) is 18.0 Å². The highest BCUT2D eigenvalue weighted by atomic mass is 32.2. The molecule has 7 heteroatoms. The lowest BCUT2D eigenvalue weighted by Gasteiger charge is -2.23. The molecule has 1 aromatic heterocycles. The summed E-state index contributed by atoms with van der Waals surface area (Å²) in [7, 11) is 0.561. The topological polar surface area (TPSA) is 61.8 Å². The van der Waals surface area contributed by atoms with Crippen LogP contribution in [-0.2, 0) is 16.3 Å². The second kappa shape index (κ2) is 7.97. The van der Waals surface area contributed by atoms with E-state index in [9.17, 15) is 8.42 Å². The van der Waals surface area contributed by atoms with Gasteiger partial charge in [0, 0.05) is 32.1 Å². The van der Waals surface area contributed by atoms with E-state index in [1.165, 1.54) is 4.88 Å². The van der Waals surface area contributed by atoms with Crippen molar-refractivity contribution in [3.63, 3.8) is 0 Å². The summed E-state index contributed by atoms with van der Waals surface area (Å²) in [6.07, 6.45) is 0.954. The van der Waals surface area contributed by atoms with Crippen molar-refractivity contribution in [3.8, 4) is 0 Å². The zero-order chi connectivity index (χ0) is 16.8. The van der Waals surface area contributed by atoms with Gasteiger partial charge >= 0.3 is 0 Å². The smallest absolute Gasteiger partial charge is 0.193 e. The first-order chi connectivity index (χ1) is 10.2. The number of hydrogen-bond acceptors (Lipinski definition) is 4. The number of rotatable bonds is 6. The van der Waals surface area contributed by atoms with E-state index in [0.29, 0.717) is 6.54 Å². The number of hydrogen-bond donors (Lipinski definition) is 1. The molecule has 126 valence electrons. The minimum Gasteiger partial charge on any atom is -0.355 e. The molecule has 0 unspecified atom stereocenters. The van der Waals surface area contributed by atoms with Crippen molar-refractivity contribution in [2.24, 2.45) is 4.99 Å². The maximum Gasteiger partial charge on any atom is 0.193 e. The number of guanidine groups is 1. The van der Waals surface area contributed by atoms with Crippen molar-refractivity contribution in [2.45, 2.75) is 31.9 Å². The monoisotopic (exact) mass is 345 g/mol. The van der Waals surface area contributed by atoms with Crippen LogP contribution in [0.3, 0.4) is 0 Å². The molecular weight excluding hydrogens is 318 g/mol. The van der Waals surface area contributed by atoms with Gasteiger partial charge in [0.1, 0.15) is 0 Å². The van der Waals surface area contributed by atoms with Crippen LogP contribution in [0.25, 0.3) is 0 Å². The number of nitrogens with one attached hydrogen (secondary N) is 1. The van der Waals surface area contributed by atoms with Gasteiger partial charge in [-0.1, -0.05) is 6.07 Å². The number of nitrogens with zero attached hydrogens (tertiary/aromatic N) is 2. The lowest BCUT2D eigenvalue weighted by molar-refractivity contribution is 0.488. The van der Waals surface area contributed by atoms with E-state index < -0.39 is 14.6 Å². The average molecular weight is 346 g/mol. The third kappa shape index (κ3) is 5.61. The number of thiophene rings is 1. The van der Waals surface area contributed by atoms with Crippen LogP contribution in [0.5, 0.6) is 0 Å². The molecule has 1 aromatic rings. The second-order valence-corrected chi connectivity index (χ2v) is 10.1. The van der Waals surface area contributed by atoms with Gasteiger partial charge in [0.15, 0.2) is 15.8 Å². The number of aliphatic imine (C=N–C) groups is 1. The molecule has 5 nitrogen and oxygen atoms in total. The van der Waals surface area contributed by atoms with E-state index in [2.05, 4.69) is 21.8 Å². The molecule has 0 aliphatic carbocycles. The fourth-order valence-corrected chi connectivity index (χ4v) is 3.51. The Balaban J connectivity index is 2.45. The second-order valence-electron chi connectivity index (χ2n) is 6.16. The first-order valence-corrected chi connectivity index (χ1v) is 9.87. The molecule has 1 N–H and O–H groups in total. The van der Waals surface area contributed by atoms with Crippen LogP contribution < -0.4 is 5.32 Å². The van der Waals surface area contributed by atoms with Crippen LogP contribution >= 0.6 is 11.3 Å². The predicted octanol–water partition coefficient (Wildman–Crippen LogP) is 2.01. The summed E-state index contributed by atoms with van der Waals surface area (Å²) >= 11 is 1.74. The molecule has 0 atom stereocenters. The summed E-state index contributed by atoms with van der Waals surface area (Å²) in [6, 6.07) is 4.16. The summed E-state index contributed by atoms with van der Waals surface area (Å²) in [5, 5.41) is 5.20. The molecule has 0 aromatic carbocycles. The maximum atomic E-state index is 12.1. The minimum absolute atomic E-state index is 0.105. The third-order valence-corrected chi connectivity index (χ3v) is 6.98. The quantitative estimate of drug-likeness (QED) is 0.633. The molecular formula is C15H27N3O2S2. The summed E-state index contributed by atoms with van der Waals surface area (Å²) in [4.78, 5) is 7.56. The van der Waals surface area contributed by atoms with Gasteiger partial charge in [0.05, 0.1) is 10.5 Å². The highest BCUT2D eigenvalue weighted by Crippen LogP contribution is 2.15. The van der Waals surface area contributed by atoms with Crippen LogP contribution in [0.4, 0.5) is 0 Å². The van der Waals surface area contributed by atoms with Crippen LogP contribution in [0.15, 0.2) is 22.5 Å². The first kappa shape index (κ1) is 19.0. The fourth-order valence-electron chi connectivity index (χ4n) is 1.83. The molecule has 22 heavy (non-hydrogen) atoms. The van der Waals surface area contributed by atoms with Crippen LogP contribution in [0.1, 0.15) is 25.6 Å². The van der Waals surface area contributed by atoms with Crippen molar-refractivity contribution in [1.82, 2.24) is 10.2 Å². The zero-order valence-electron chi connectivity index (χ0n) is 14.1. The molecule has 0 aliphatic heterocycles. The van der Waals surface area contributed by atoms with Gasteiger partial charge < -0.3 is 10.2 Å². The Labute approximate surface area is 138 Å². The summed E-state index contributed by atoms with van der Waals surface area (Å²) < 4.78 is 23.4. The summed E-state index contributed by atoms with van der Waals surface area (Å²) in [5.41, 5.74) is 0.